The summed E-state index contributed by atoms with van der Waals surface area (Å²) in [4.78, 5) is 22.6. The lowest BCUT2D eigenvalue weighted by molar-refractivity contribution is -0.0355. The Bertz CT molecular complexity index is 186. The summed E-state index contributed by atoms with van der Waals surface area (Å²) in [5, 5.41) is 5.01. The minimum Gasteiger partial charge on any atom is -0.245 e. The van der Waals surface area contributed by atoms with Gasteiger partial charge in [-0.15, -0.1) is 0 Å². The lowest BCUT2D eigenvalue weighted by Crippen LogP contribution is -2.64. The molecule has 1 saturated heterocycles. The molecule has 1 fully saturated rings. The van der Waals surface area contributed by atoms with Crippen LogP contribution in [0.3, 0.4) is 0 Å². The fourth-order valence-corrected chi connectivity index (χ4v) is 0.932. The van der Waals surface area contributed by atoms with Gasteiger partial charge in [0.1, 0.15) is 0 Å². The first kappa shape index (κ1) is 8.63. The highest BCUT2D eigenvalue weighted by molar-refractivity contribution is 5.85. The van der Waals surface area contributed by atoms with Gasteiger partial charge in [-0.05, 0) is 0 Å². The molecule has 0 N–H and O–H groups in total. The Kier molecular flexibility index (Phi) is 1.83. The molecule has 0 aromatic carbocycles. The zero-order valence-corrected chi connectivity index (χ0v) is 7.61. The van der Waals surface area contributed by atoms with Crippen molar-refractivity contribution in [3.63, 3.8) is 0 Å². The largest absolute Gasteiger partial charge is 0.357 e. The van der Waals surface area contributed by atoms with Crippen LogP contribution in [0.25, 0.3) is 0 Å². The standard InChI is InChI=1S/C6H12N4O2/c1-7-5(11)9(3)10(4)6(12)8(7)2/h1-4H3. The van der Waals surface area contributed by atoms with Crippen LogP contribution in [0.4, 0.5) is 9.59 Å². The van der Waals surface area contributed by atoms with Crippen molar-refractivity contribution >= 4 is 12.1 Å². The number of carbonyl (C=O) groups excluding carboxylic acids is 2. The molecule has 4 amide bonds. The minimum atomic E-state index is -0.236. The SMILES string of the molecule is CN1C(=O)N(C)N(C)C(=O)N1C. The van der Waals surface area contributed by atoms with Crippen molar-refractivity contribution in [3.05, 3.63) is 0 Å². The fraction of sp³-hybridized carbons (Fsp3) is 0.667. The monoisotopic (exact) mass is 172 g/mol. The second-order valence-corrected chi connectivity index (χ2v) is 2.66. The third-order valence-corrected chi connectivity index (χ3v) is 2.01. The Labute approximate surface area is 70.9 Å². The van der Waals surface area contributed by atoms with Crippen LogP contribution < -0.4 is 0 Å². The van der Waals surface area contributed by atoms with Crippen molar-refractivity contribution in [1.82, 2.24) is 20.0 Å². The second-order valence-electron chi connectivity index (χ2n) is 2.66. The van der Waals surface area contributed by atoms with Gasteiger partial charge in [0.25, 0.3) is 0 Å². The fourth-order valence-electron chi connectivity index (χ4n) is 0.932. The van der Waals surface area contributed by atoms with Crippen LogP contribution in [-0.2, 0) is 0 Å². The first-order chi connectivity index (χ1) is 5.46. The van der Waals surface area contributed by atoms with Crippen LogP contribution >= 0.6 is 0 Å². The molecule has 0 unspecified atom stereocenters. The molecule has 0 aromatic rings. The second kappa shape index (κ2) is 2.54. The van der Waals surface area contributed by atoms with Crippen LogP contribution in [0.1, 0.15) is 0 Å². The molecule has 0 bridgehead atoms. The van der Waals surface area contributed by atoms with Crippen LogP contribution in [0, 0.1) is 0 Å². The summed E-state index contributed by atoms with van der Waals surface area (Å²) in [6.45, 7) is 0. The van der Waals surface area contributed by atoms with E-state index < -0.39 is 0 Å². The van der Waals surface area contributed by atoms with Gasteiger partial charge in [-0.1, -0.05) is 0 Å². The van der Waals surface area contributed by atoms with Crippen molar-refractivity contribution in [1.29, 1.82) is 0 Å². The van der Waals surface area contributed by atoms with E-state index in [2.05, 4.69) is 0 Å². The van der Waals surface area contributed by atoms with Gasteiger partial charge in [0, 0.05) is 28.2 Å². The average Bonchev–Trinajstić information content (AvgIpc) is 2.08. The normalized spacial score (nSPS) is 19.3. The third-order valence-electron chi connectivity index (χ3n) is 2.01. The molecule has 0 aromatic heterocycles. The maximum atomic E-state index is 11.3. The molecule has 0 spiro atoms. The predicted octanol–water partition coefficient (Wildman–Crippen LogP) is -0.203. The summed E-state index contributed by atoms with van der Waals surface area (Å²) in [5.41, 5.74) is 0. The number of amides is 4. The van der Waals surface area contributed by atoms with Gasteiger partial charge in [0.05, 0.1) is 0 Å². The molecular formula is C6H12N4O2. The van der Waals surface area contributed by atoms with Crippen molar-refractivity contribution in [2.75, 3.05) is 28.2 Å². The van der Waals surface area contributed by atoms with Crippen molar-refractivity contribution in [2.45, 2.75) is 0 Å². The Morgan fingerprint density at radius 3 is 1.00 bits per heavy atom. The summed E-state index contributed by atoms with van der Waals surface area (Å²) in [6.07, 6.45) is 0. The molecule has 1 aliphatic rings. The van der Waals surface area contributed by atoms with Crippen molar-refractivity contribution < 1.29 is 9.59 Å². The van der Waals surface area contributed by atoms with E-state index in [1.165, 1.54) is 20.0 Å². The van der Waals surface area contributed by atoms with Gasteiger partial charge >= 0.3 is 12.1 Å². The van der Waals surface area contributed by atoms with E-state index in [4.69, 9.17) is 0 Å². The first-order valence-electron chi connectivity index (χ1n) is 3.49. The summed E-state index contributed by atoms with van der Waals surface area (Å²) in [7, 11) is 6.18. The van der Waals surface area contributed by atoms with E-state index in [9.17, 15) is 9.59 Å². The number of rotatable bonds is 0. The van der Waals surface area contributed by atoms with E-state index in [-0.39, 0.29) is 12.1 Å². The number of urea groups is 2. The molecule has 12 heavy (non-hydrogen) atoms. The Hall–Kier alpha value is -1.46. The highest BCUT2D eigenvalue weighted by atomic mass is 16.2. The van der Waals surface area contributed by atoms with Crippen molar-refractivity contribution in [2.24, 2.45) is 0 Å². The van der Waals surface area contributed by atoms with E-state index in [1.807, 2.05) is 0 Å². The van der Waals surface area contributed by atoms with E-state index >= 15 is 0 Å². The zero-order chi connectivity index (χ0) is 9.46. The number of hydrogen-bond donors (Lipinski definition) is 0. The molecule has 1 rings (SSSR count). The lowest BCUT2D eigenvalue weighted by Gasteiger charge is -2.42. The molecule has 68 valence electrons. The topological polar surface area (TPSA) is 47.1 Å². The Morgan fingerprint density at radius 2 is 0.833 bits per heavy atom. The van der Waals surface area contributed by atoms with Gasteiger partial charge in [-0.2, -0.15) is 0 Å². The summed E-state index contributed by atoms with van der Waals surface area (Å²) < 4.78 is 0. The molecule has 6 heteroatoms. The molecule has 1 heterocycles. The molecule has 0 atom stereocenters. The minimum absolute atomic E-state index is 0.236. The van der Waals surface area contributed by atoms with Gasteiger partial charge in [-0.3, -0.25) is 0 Å². The molecule has 1 aliphatic heterocycles. The molecule has 0 aliphatic carbocycles. The molecule has 6 nitrogen and oxygen atoms in total. The maximum absolute atomic E-state index is 11.3. The predicted molar refractivity (Wildman–Crippen MR) is 41.8 cm³/mol. The van der Waals surface area contributed by atoms with Gasteiger partial charge in [0.15, 0.2) is 0 Å². The average molecular weight is 172 g/mol. The van der Waals surface area contributed by atoms with Crippen LogP contribution in [-0.4, -0.2) is 60.3 Å². The summed E-state index contributed by atoms with van der Waals surface area (Å²) in [6, 6.07) is -0.473. The van der Waals surface area contributed by atoms with Gasteiger partial charge in [0.2, 0.25) is 0 Å². The number of carbonyl (C=O) groups is 2. The van der Waals surface area contributed by atoms with E-state index in [1.54, 1.807) is 28.2 Å². The maximum Gasteiger partial charge on any atom is 0.357 e. The number of nitrogens with zero attached hydrogens (tertiary/aromatic N) is 4. The van der Waals surface area contributed by atoms with E-state index in [0.29, 0.717) is 0 Å². The quantitative estimate of drug-likeness (QED) is 0.508. The van der Waals surface area contributed by atoms with Crippen LogP contribution in [0.5, 0.6) is 0 Å². The highest BCUT2D eigenvalue weighted by Gasteiger charge is 2.33. The number of hydrogen-bond acceptors (Lipinski definition) is 2. The smallest absolute Gasteiger partial charge is 0.245 e. The third kappa shape index (κ3) is 0.956. The number of hydrazine groups is 2. The first-order valence-corrected chi connectivity index (χ1v) is 3.49. The van der Waals surface area contributed by atoms with Gasteiger partial charge < -0.3 is 0 Å². The lowest BCUT2D eigenvalue weighted by atomic mass is 10.7. The van der Waals surface area contributed by atoms with Crippen LogP contribution in [0.15, 0.2) is 0 Å². The van der Waals surface area contributed by atoms with Gasteiger partial charge in [-0.25, -0.2) is 29.6 Å². The molecule has 0 radical (unpaired) electrons. The van der Waals surface area contributed by atoms with E-state index in [0.717, 1.165) is 0 Å². The van der Waals surface area contributed by atoms with Crippen molar-refractivity contribution in [3.8, 4) is 0 Å². The zero-order valence-electron chi connectivity index (χ0n) is 7.61. The summed E-state index contributed by atoms with van der Waals surface area (Å²) >= 11 is 0. The Morgan fingerprint density at radius 1 is 0.667 bits per heavy atom. The highest BCUT2D eigenvalue weighted by Crippen LogP contribution is 2.10. The molecule has 0 saturated carbocycles. The van der Waals surface area contributed by atoms with Crippen LogP contribution in [0.2, 0.25) is 0 Å². The summed E-state index contributed by atoms with van der Waals surface area (Å²) in [5.74, 6) is 0. The Balaban J connectivity index is 2.91. The molecular weight excluding hydrogens is 160 g/mol.